The average Bonchev–Trinajstić information content (AvgIpc) is 3.31. The largest absolute Gasteiger partial charge is 0.481 e. The number of rotatable bonds is 32. The molecule has 1 fully saturated rings. The molecule has 0 bridgehead atoms. The van der Waals surface area contributed by atoms with Crippen LogP contribution in [0.25, 0.3) is 0 Å². The second kappa shape index (κ2) is 32.0. The maximum absolute atomic E-state index is 14.3. The van der Waals surface area contributed by atoms with Gasteiger partial charge in [-0.2, -0.15) is 5.26 Å². The first kappa shape index (κ1) is 65.4. The first-order chi connectivity index (χ1) is 34.2. The van der Waals surface area contributed by atoms with E-state index in [1.165, 1.54) is 61.4 Å². The Morgan fingerprint density at radius 3 is 2.14 bits per heavy atom. The highest BCUT2D eigenvalue weighted by Crippen LogP contribution is 2.48. The molecule has 10 atom stereocenters. The molecule has 0 saturated carbocycles. The van der Waals surface area contributed by atoms with Gasteiger partial charge in [-0.25, -0.2) is 4.98 Å². The number of pyridine rings is 1. The van der Waals surface area contributed by atoms with Crippen LogP contribution in [0.3, 0.4) is 0 Å². The molecule has 1 aliphatic heterocycles. The van der Waals surface area contributed by atoms with Gasteiger partial charge in [-0.3, -0.25) is 33.6 Å². The van der Waals surface area contributed by atoms with Gasteiger partial charge in [0.15, 0.2) is 24.6 Å². The van der Waals surface area contributed by atoms with Crippen molar-refractivity contribution >= 4 is 110 Å². The molecule has 0 aromatic carbocycles. The van der Waals surface area contributed by atoms with Crippen LogP contribution in [0.5, 0.6) is 0 Å². The minimum Gasteiger partial charge on any atom is -0.481 e. The average molecular weight is 1120 g/mol. The van der Waals surface area contributed by atoms with Gasteiger partial charge < -0.3 is 58.5 Å². The topological polar surface area (TPSA) is 303 Å². The number of carbonyl (C=O) groups is 7. The summed E-state index contributed by atoms with van der Waals surface area (Å²) in [5.74, 6) is -4.71. The number of aliphatic carboxylic acids is 1. The standard InChI is InChI=1S/C46H67BN3O18S5/c1-10-70-42(69)72-46(9,41(60)64-21-22-71-73-32-13-11-12-16-49-32)25-44(7,39(58)50-23-28(2)51)26-47-45(8,24-43(6,27-48)15-14-33(55)56)40(59)63-20-18-61-17-19-62-38-36(67-31(5)54)34(65-29(3)52)35(37(57)68-38)66-30(4)53/h11-13,16,28,34-38,51,57H,10,14-15,17-26H2,1-9H3,(H,50,58)(H,55,56)/t28?,34-,35+,36-,37-,38+,43?,44?,45?,46?/m0/s1. The highest BCUT2D eigenvalue weighted by atomic mass is 33.1. The quantitative estimate of drug-likeness (QED) is 0.0186. The van der Waals surface area contributed by atoms with Crippen molar-refractivity contribution in [2.75, 3.05) is 51.1 Å². The monoisotopic (exact) mass is 1120 g/mol. The lowest BCUT2D eigenvalue weighted by Gasteiger charge is -2.42. The number of hydrogen-bond acceptors (Lipinski definition) is 24. The third kappa shape index (κ3) is 23.4. The van der Waals surface area contributed by atoms with Crippen LogP contribution in [0, 0.1) is 22.2 Å². The van der Waals surface area contributed by atoms with E-state index in [2.05, 4.69) is 16.4 Å². The first-order valence-corrected chi connectivity index (χ1v) is 27.6. The summed E-state index contributed by atoms with van der Waals surface area (Å²) in [6.45, 7) is 11.7. The van der Waals surface area contributed by atoms with Crippen LogP contribution in [0.1, 0.15) is 88.0 Å². The maximum Gasteiger partial charge on any atom is 0.322 e. The number of aliphatic hydroxyl groups is 2. The molecule has 1 radical (unpaired) electrons. The van der Waals surface area contributed by atoms with Crippen molar-refractivity contribution in [3.63, 3.8) is 0 Å². The first-order valence-electron chi connectivity index (χ1n) is 23.1. The molecule has 73 heavy (non-hydrogen) atoms. The molecule has 27 heteroatoms. The Kier molecular flexibility index (Phi) is 28.7. The third-order valence-corrected chi connectivity index (χ3v) is 15.6. The van der Waals surface area contributed by atoms with Crippen molar-refractivity contribution in [3.8, 4) is 6.07 Å². The Balaban J connectivity index is 2.34. The predicted molar refractivity (Wildman–Crippen MR) is 277 cm³/mol. The molecule has 5 unspecified atom stereocenters. The van der Waals surface area contributed by atoms with E-state index in [9.17, 15) is 54.1 Å². The minimum absolute atomic E-state index is 0.0288. The highest BCUT2D eigenvalue weighted by molar-refractivity contribution is 8.76. The fourth-order valence-electron chi connectivity index (χ4n) is 7.37. The number of nitrogens with one attached hydrogen (secondary N) is 1. The van der Waals surface area contributed by atoms with Crippen molar-refractivity contribution in [3.05, 3.63) is 24.4 Å². The summed E-state index contributed by atoms with van der Waals surface area (Å²) in [7, 11) is 4.38. The summed E-state index contributed by atoms with van der Waals surface area (Å²) in [5, 5.41) is 42.5. The molecule has 2 heterocycles. The number of hydrogen-bond donors (Lipinski definition) is 4. The summed E-state index contributed by atoms with van der Waals surface area (Å²) in [6, 6.07) is 7.67. The summed E-state index contributed by atoms with van der Waals surface area (Å²) < 4.78 is 42.8. The lowest BCUT2D eigenvalue weighted by molar-refractivity contribution is -0.343. The lowest BCUT2D eigenvalue weighted by Crippen LogP contribution is -2.62. The number of thioether (sulfide) groups is 2. The smallest absolute Gasteiger partial charge is 0.322 e. The van der Waals surface area contributed by atoms with Gasteiger partial charge in [-0.15, -0.1) is 11.8 Å². The van der Waals surface area contributed by atoms with Crippen molar-refractivity contribution in [2.24, 2.45) is 10.8 Å². The fraction of sp³-hybridized carbons (Fsp3) is 0.696. The van der Waals surface area contributed by atoms with Crippen LogP contribution in [0.15, 0.2) is 29.4 Å². The van der Waals surface area contributed by atoms with Crippen molar-refractivity contribution in [1.29, 1.82) is 5.26 Å². The van der Waals surface area contributed by atoms with E-state index >= 15 is 0 Å². The number of nitrogens with zero attached hydrogens (tertiary/aromatic N) is 2. The number of nitriles is 1. The molecular weight excluding hydrogens is 1050 g/mol. The van der Waals surface area contributed by atoms with Crippen LogP contribution in [0.4, 0.5) is 0 Å². The zero-order chi connectivity index (χ0) is 55.0. The van der Waals surface area contributed by atoms with Gasteiger partial charge >= 0.3 is 35.8 Å². The Hall–Kier alpha value is -3.72. The Labute approximate surface area is 448 Å². The molecule has 4 N–H and O–H groups in total. The van der Waals surface area contributed by atoms with E-state index in [1.54, 1.807) is 26.1 Å². The molecule has 1 aromatic rings. The summed E-state index contributed by atoms with van der Waals surface area (Å²) in [5.41, 5.74) is -2.90. The van der Waals surface area contributed by atoms with E-state index in [0.29, 0.717) is 15.0 Å². The molecule has 0 aliphatic carbocycles. The number of amides is 1. The Morgan fingerprint density at radius 2 is 1.55 bits per heavy atom. The molecule has 21 nitrogen and oxygen atoms in total. The lowest BCUT2D eigenvalue weighted by atomic mass is 9.43. The summed E-state index contributed by atoms with van der Waals surface area (Å²) in [4.78, 5) is 94.4. The fourth-order valence-corrected chi connectivity index (χ4v) is 12.3. The number of aromatic nitrogens is 1. The van der Waals surface area contributed by atoms with E-state index in [4.69, 9.17) is 50.1 Å². The Bertz CT molecular complexity index is 2060. The van der Waals surface area contributed by atoms with Crippen molar-refractivity contribution < 1.29 is 86.8 Å². The van der Waals surface area contributed by atoms with E-state index in [0.717, 1.165) is 37.6 Å². The summed E-state index contributed by atoms with van der Waals surface area (Å²) >= 11 is 8.06. The van der Waals surface area contributed by atoms with Crippen LogP contribution in [-0.4, -0.2) is 166 Å². The van der Waals surface area contributed by atoms with Crippen LogP contribution < -0.4 is 5.32 Å². The van der Waals surface area contributed by atoms with E-state index in [-0.39, 0.29) is 71.6 Å². The molecular formula is C46H67BN3O18S5. The van der Waals surface area contributed by atoms with Gasteiger partial charge in [0.05, 0.1) is 37.4 Å². The minimum atomic E-state index is -1.86. The second-order valence-electron chi connectivity index (χ2n) is 17.8. The van der Waals surface area contributed by atoms with E-state index < -0.39 is 99.6 Å². The number of carboxylic acids is 1. The van der Waals surface area contributed by atoms with Gasteiger partial charge in [0.2, 0.25) is 12.2 Å². The molecule has 407 valence electrons. The number of aliphatic hydroxyl groups excluding tert-OH is 2. The number of ether oxygens (including phenoxy) is 8. The van der Waals surface area contributed by atoms with Crippen molar-refractivity contribution in [2.45, 2.75) is 146 Å². The number of esters is 5. The Morgan fingerprint density at radius 1 is 0.918 bits per heavy atom. The molecule has 1 aliphatic rings. The SMILES string of the molecule is CCSC(=S)SC(C)(CC(C)(C[B]C(C)(CC(C)(C#N)CCC(=O)O)C(=O)OCCOCCO[C@@H]1O[C@H](O)[C@H](OC(C)=O)[C@H](OC(C)=O)[C@@H]1OC(C)=O)C(=O)NCC(C)O)C(=O)OCCSSc1ccccn1. The number of carbonyl (C=O) groups excluding carboxylic acids is 6. The van der Waals surface area contributed by atoms with Gasteiger partial charge in [-0.05, 0) is 68.7 Å². The third-order valence-electron chi connectivity index (χ3n) is 10.8. The maximum atomic E-state index is 14.3. The van der Waals surface area contributed by atoms with Crippen LogP contribution in [0.2, 0.25) is 11.6 Å². The van der Waals surface area contributed by atoms with Crippen LogP contribution >= 0.6 is 57.3 Å². The predicted octanol–water partition coefficient (Wildman–Crippen LogP) is 4.92. The molecule has 1 saturated heterocycles. The van der Waals surface area contributed by atoms with Gasteiger partial charge in [0, 0.05) is 56.4 Å². The van der Waals surface area contributed by atoms with Gasteiger partial charge in [0.25, 0.3) is 0 Å². The second-order valence-corrected chi connectivity index (χ2v) is 24.2. The normalized spacial score (nSPS) is 21.2. The zero-order valence-corrected chi connectivity index (χ0v) is 46.5. The van der Waals surface area contributed by atoms with Crippen LogP contribution in [-0.2, 0) is 71.5 Å². The number of thiocarbonyl (C=S) groups is 1. The van der Waals surface area contributed by atoms with Crippen molar-refractivity contribution in [1.82, 2.24) is 10.3 Å². The van der Waals surface area contributed by atoms with E-state index in [1.807, 2.05) is 19.1 Å². The molecule has 2 rings (SSSR count). The zero-order valence-electron chi connectivity index (χ0n) is 42.4. The molecule has 0 spiro atoms. The van der Waals surface area contributed by atoms with Gasteiger partial charge in [-0.1, -0.05) is 67.9 Å². The number of carboxylic acid groups (broad SMARTS) is 1. The summed E-state index contributed by atoms with van der Waals surface area (Å²) in [6.07, 6.45) is -8.36. The van der Waals surface area contributed by atoms with Gasteiger partial charge in [0.1, 0.15) is 33.8 Å². The molecule has 1 amide bonds. The highest BCUT2D eigenvalue weighted by Gasteiger charge is 2.53. The molecule has 1 aromatic heterocycles.